The van der Waals surface area contributed by atoms with Gasteiger partial charge in [0, 0.05) is 12.3 Å². The SMILES string of the molecule is CC(F)(F)CC1COC(=O)C1. The Morgan fingerprint density at radius 3 is 2.73 bits per heavy atom. The average Bonchev–Trinajstić information content (AvgIpc) is 2.10. The zero-order valence-electron chi connectivity index (χ0n) is 6.27. The van der Waals surface area contributed by atoms with Crippen LogP contribution in [0.4, 0.5) is 8.78 Å². The molecule has 0 spiro atoms. The minimum Gasteiger partial charge on any atom is -0.465 e. The van der Waals surface area contributed by atoms with E-state index in [1.54, 1.807) is 0 Å². The second-order valence-electron chi connectivity index (χ2n) is 3.03. The third-order valence-corrected chi connectivity index (χ3v) is 1.58. The maximum Gasteiger partial charge on any atom is 0.306 e. The average molecular weight is 164 g/mol. The number of rotatable bonds is 2. The number of halogens is 2. The van der Waals surface area contributed by atoms with Gasteiger partial charge in [-0.2, -0.15) is 0 Å². The summed E-state index contributed by atoms with van der Waals surface area (Å²) in [6.07, 6.45) is -0.109. The molecule has 0 aromatic heterocycles. The summed E-state index contributed by atoms with van der Waals surface area (Å²) in [5, 5.41) is 0. The Morgan fingerprint density at radius 1 is 1.73 bits per heavy atom. The first-order valence-corrected chi connectivity index (χ1v) is 3.51. The first-order chi connectivity index (χ1) is 4.97. The molecule has 0 N–H and O–H groups in total. The summed E-state index contributed by atoms with van der Waals surface area (Å²) in [6, 6.07) is 0. The van der Waals surface area contributed by atoms with E-state index in [-0.39, 0.29) is 31.3 Å². The van der Waals surface area contributed by atoms with Crippen molar-refractivity contribution in [3.8, 4) is 0 Å². The third-order valence-electron chi connectivity index (χ3n) is 1.58. The summed E-state index contributed by atoms with van der Waals surface area (Å²) in [5.41, 5.74) is 0. The van der Waals surface area contributed by atoms with Gasteiger partial charge in [-0.05, 0) is 6.92 Å². The van der Waals surface area contributed by atoms with Crippen LogP contribution in [0.25, 0.3) is 0 Å². The van der Waals surface area contributed by atoms with E-state index in [1.807, 2.05) is 0 Å². The highest BCUT2D eigenvalue weighted by molar-refractivity contribution is 5.71. The Bertz CT molecular complexity index is 162. The number of ether oxygens (including phenoxy) is 1. The second kappa shape index (κ2) is 2.75. The maximum absolute atomic E-state index is 12.3. The predicted molar refractivity (Wildman–Crippen MR) is 34.3 cm³/mol. The van der Waals surface area contributed by atoms with E-state index in [1.165, 1.54) is 0 Å². The number of hydrogen-bond donors (Lipinski definition) is 0. The van der Waals surface area contributed by atoms with Gasteiger partial charge in [-0.15, -0.1) is 0 Å². The molecule has 1 heterocycles. The van der Waals surface area contributed by atoms with E-state index in [0.29, 0.717) is 0 Å². The molecule has 0 aliphatic carbocycles. The Morgan fingerprint density at radius 2 is 2.36 bits per heavy atom. The molecule has 0 amide bonds. The zero-order valence-corrected chi connectivity index (χ0v) is 6.27. The predicted octanol–water partition coefficient (Wildman–Crippen LogP) is 1.59. The largest absolute Gasteiger partial charge is 0.465 e. The molecule has 0 saturated carbocycles. The normalized spacial score (nSPS) is 25.4. The van der Waals surface area contributed by atoms with Crippen LogP contribution in [0.15, 0.2) is 0 Å². The summed E-state index contributed by atoms with van der Waals surface area (Å²) in [5.74, 6) is -3.33. The molecule has 0 bridgehead atoms. The number of cyclic esters (lactones) is 1. The molecule has 0 radical (unpaired) electrons. The molecule has 64 valence electrons. The molecule has 0 aromatic carbocycles. The first-order valence-electron chi connectivity index (χ1n) is 3.51. The number of carbonyl (C=O) groups excluding carboxylic acids is 1. The van der Waals surface area contributed by atoms with Crippen molar-refractivity contribution in [2.24, 2.45) is 5.92 Å². The fourth-order valence-corrected chi connectivity index (χ4v) is 1.20. The number of hydrogen-bond acceptors (Lipinski definition) is 2. The van der Waals surface area contributed by atoms with Gasteiger partial charge in [0.05, 0.1) is 13.0 Å². The molecule has 1 rings (SSSR count). The van der Waals surface area contributed by atoms with Gasteiger partial charge in [0.25, 0.3) is 0 Å². The Kier molecular flexibility index (Phi) is 2.11. The lowest BCUT2D eigenvalue weighted by Crippen LogP contribution is -2.16. The highest BCUT2D eigenvalue weighted by Gasteiger charge is 2.32. The van der Waals surface area contributed by atoms with Gasteiger partial charge >= 0.3 is 5.97 Å². The van der Waals surface area contributed by atoms with Crippen LogP contribution in [-0.2, 0) is 9.53 Å². The van der Waals surface area contributed by atoms with Crippen molar-refractivity contribution < 1.29 is 18.3 Å². The summed E-state index contributed by atoms with van der Waals surface area (Å²) in [6.45, 7) is 1.01. The van der Waals surface area contributed by atoms with E-state index in [0.717, 1.165) is 6.92 Å². The maximum atomic E-state index is 12.3. The highest BCUT2D eigenvalue weighted by atomic mass is 19.3. The van der Waals surface area contributed by atoms with Crippen LogP contribution in [0.1, 0.15) is 19.8 Å². The van der Waals surface area contributed by atoms with Crippen LogP contribution in [0, 0.1) is 5.92 Å². The van der Waals surface area contributed by atoms with E-state index in [2.05, 4.69) is 4.74 Å². The van der Waals surface area contributed by atoms with Gasteiger partial charge < -0.3 is 4.74 Å². The summed E-state index contributed by atoms with van der Waals surface area (Å²) in [7, 11) is 0. The molecule has 1 atom stereocenters. The molecule has 2 nitrogen and oxygen atoms in total. The van der Waals surface area contributed by atoms with Crippen molar-refractivity contribution >= 4 is 5.97 Å². The van der Waals surface area contributed by atoms with Crippen LogP contribution in [0.3, 0.4) is 0 Å². The topological polar surface area (TPSA) is 26.3 Å². The molecular weight excluding hydrogens is 154 g/mol. The lowest BCUT2D eigenvalue weighted by atomic mass is 10.0. The molecule has 0 aromatic rings. The van der Waals surface area contributed by atoms with Gasteiger partial charge in [-0.1, -0.05) is 0 Å². The lowest BCUT2D eigenvalue weighted by Gasteiger charge is -2.12. The number of alkyl halides is 2. The van der Waals surface area contributed by atoms with Crippen LogP contribution in [0.5, 0.6) is 0 Å². The fourth-order valence-electron chi connectivity index (χ4n) is 1.20. The zero-order chi connectivity index (χ0) is 8.48. The van der Waals surface area contributed by atoms with Crippen molar-refractivity contribution in [3.63, 3.8) is 0 Å². The quantitative estimate of drug-likeness (QED) is 0.579. The molecular formula is C7H10F2O2. The van der Waals surface area contributed by atoms with E-state index >= 15 is 0 Å². The van der Waals surface area contributed by atoms with Gasteiger partial charge in [0.15, 0.2) is 0 Å². The van der Waals surface area contributed by atoms with Crippen LogP contribution in [-0.4, -0.2) is 18.5 Å². The minimum atomic E-state index is -2.68. The molecule has 1 saturated heterocycles. The monoisotopic (exact) mass is 164 g/mol. The van der Waals surface area contributed by atoms with E-state index in [9.17, 15) is 13.6 Å². The van der Waals surface area contributed by atoms with E-state index < -0.39 is 5.92 Å². The van der Waals surface area contributed by atoms with Gasteiger partial charge in [0.2, 0.25) is 5.92 Å². The molecule has 1 unspecified atom stereocenters. The number of esters is 1. The summed E-state index contributed by atoms with van der Waals surface area (Å²) >= 11 is 0. The van der Waals surface area contributed by atoms with Gasteiger partial charge in [0.1, 0.15) is 0 Å². The van der Waals surface area contributed by atoms with Gasteiger partial charge in [-0.3, -0.25) is 4.79 Å². The molecule has 4 heteroatoms. The Hall–Kier alpha value is -0.670. The molecule has 1 fully saturated rings. The summed E-state index contributed by atoms with van der Waals surface area (Å²) in [4.78, 5) is 10.5. The highest BCUT2D eigenvalue weighted by Crippen LogP contribution is 2.27. The van der Waals surface area contributed by atoms with Gasteiger partial charge in [-0.25, -0.2) is 8.78 Å². The summed E-state index contributed by atoms with van der Waals surface area (Å²) < 4.78 is 29.2. The van der Waals surface area contributed by atoms with Crippen molar-refractivity contribution in [1.29, 1.82) is 0 Å². The lowest BCUT2D eigenvalue weighted by molar-refractivity contribution is -0.137. The second-order valence-corrected chi connectivity index (χ2v) is 3.03. The molecule has 11 heavy (non-hydrogen) atoms. The minimum absolute atomic E-state index is 0.142. The Labute approximate surface area is 63.5 Å². The van der Waals surface area contributed by atoms with Crippen molar-refractivity contribution in [2.45, 2.75) is 25.7 Å². The van der Waals surface area contributed by atoms with Crippen molar-refractivity contribution in [1.82, 2.24) is 0 Å². The smallest absolute Gasteiger partial charge is 0.306 e. The molecule has 1 aliphatic heterocycles. The molecule has 1 aliphatic rings. The fraction of sp³-hybridized carbons (Fsp3) is 0.857. The van der Waals surface area contributed by atoms with Crippen molar-refractivity contribution in [3.05, 3.63) is 0 Å². The van der Waals surface area contributed by atoms with Crippen molar-refractivity contribution in [2.75, 3.05) is 6.61 Å². The van der Waals surface area contributed by atoms with Crippen LogP contribution >= 0.6 is 0 Å². The first kappa shape index (κ1) is 8.43. The third kappa shape index (κ3) is 2.82. The Balaban J connectivity index is 2.34. The van der Waals surface area contributed by atoms with Crippen LogP contribution in [0.2, 0.25) is 0 Å². The standard InChI is InChI=1S/C7H10F2O2/c1-7(8,9)3-5-2-6(10)11-4-5/h5H,2-4H2,1H3. The van der Waals surface area contributed by atoms with E-state index in [4.69, 9.17) is 0 Å². The van der Waals surface area contributed by atoms with Crippen LogP contribution < -0.4 is 0 Å². The number of carbonyl (C=O) groups is 1.